The van der Waals surface area contributed by atoms with Crippen molar-refractivity contribution in [2.75, 3.05) is 13.2 Å². The second kappa shape index (κ2) is 7.09. The van der Waals surface area contributed by atoms with Crippen LogP contribution < -0.4 is 4.74 Å². The van der Waals surface area contributed by atoms with Gasteiger partial charge >= 0.3 is 0 Å². The first-order chi connectivity index (χ1) is 13.1. The third kappa shape index (κ3) is 3.31. The van der Waals surface area contributed by atoms with Gasteiger partial charge in [-0.3, -0.25) is 0 Å². The van der Waals surface area contributed by atoms with Gasteiger partial charge in [-0.25, -0.2) is 0 Å². The lowest BCUT2D eigenvalue weighted by Crippen LogP contribution is -2.47. The summed E-state index contributed by atoms with van der Waals surface area (Å²) in [4.78, 5) is 0. The molecule has 3 nitrogen and oxygen atoms in total. The van der Waals surface area contributed by atoms with Gasteiger partial charge in [0.1, 0.15) is 18.1 Å². The molecule has 0 aliphatic carbocycles. The topological polar surface area (TPSA) is 38.7 Å². The van der Waals surface area contributed by atoms with E-state index in [4.69, 9.17) is 9.47 Å². The summed E-state index contributed by atoms with van der Waals surface area (Å²) in [7, 11) is 0. The number of benzene rings is 3. The standard InChI is InChI=1S/C24H24O3/c1-17-12-21(13-18(2)23(17)25)24(15-26-16-24)20-8-10-22(11-9-20)27-14-19-6-4-3-5-7-19/h3-13,25H,14-16H2,1-2H3. The van der Waals surface area contributed by atoms with Gasteiger partial charge in [0.15, 0.2) is 0 Å². The van der Waals surface area contributed by atoms with Gasteiger partial charge in [0.2, 0.25) is 0 Å². The fourth-order valence-electron chi connectivity index (χ4n) is 3.65. The highest BCUT2D eigenvalue weighted by molar-refractivity contribution is 5.50. The maximum atomic E-state index is 10.1. The predicted octanol–water partition coefficient (Wildman–Crippen LogP) is 4.90. The van der Waals surface area contributed by atoms with Crippen molar-refractivity contribution in [3.63, 3.8) is 0 Å². The van der Waals surface area contributed by atoms with Crippen LogP contribution in [0.15, 0.2) is 66.7 Å². The monoisotopic (exact) mass is 360 g/mol. The molecule has 3 aromatic rings. The number of phenols is 1. The Bertz CT molecular complexity index is 903. The molecule has 0 spiro atoms. The van der Waals surface area contributed by atoms with Gasteiger partial charge in [0.05, 0.1) is 18.6 Å². The Morgan fingerprint density at radius 3 is 2.07 bits per heavy atom. The third-order valence-corrected chi connectivity index (χ3v) is 5.40. The number of aromatic hydroxyl groups is 1. The zero-order chi connectivity index (χ0) is 18.9. The average Bonchev–Trinajstić information content (AvgIpc) is 2.65. The quantitative estimate of drug-likeness (QED) is 0.703. The zero-order valence-corrected chi connectivity index (χ0v) is 15.7. The summed E-state index contributed by atoms with van der Waals surface area (Å²) in [5.41, 5.74) is 5.21. The molecule has 0 saturated carbocycles. The molecule has 4 rings (SSSR count). The third-order valence-electron chi connectivity index (χ3n) is 5.40. The molecule has 1 aliphatic rings. The number of ether oxygens (including phenoxy) is 2. The Kier molecular flexibility index (Phi) is 4.63. The van der Waals surface area contributed by atoms with Crippen molar-refractivity contribution in [3.05, 3.63) is 94.5 Å². The van der Waals surface area contributed by atoms with Crippen LogP contribution in [-0.2, 0) is 16.8 Å². The molecule has 0 radical (unpaired) electrons. The van der Waals surface area contributed by atoms with Gasteiger partial charge < -0.3 is 14.6 Å². The van der Waals surface area contributed by atoms with E-state index in [9.17, 15) is 5.11 Å². The molecule has 0 unspecified atom stereocenters. The molecule has 0 amide bonds. The molecule has 1 N–H and O–H groups in total. The minimum absolute atomic E-state index is 0.152. The van der Waals surface area contributed by atoms with Crippen molar-refractivity contribution in [3.8, 4) is 11.5 Å². The highest BCUT2D eigenvalue weighted by Gasteiger charge is 2.42. The van der Waals surface area contributed by atoms with Crippen molar-refractivity contribution < 1.29 is 14.6 Å². The summed E-state index contributed by atoms with van der Waals surface area (Å²) in [5, 5.41) is 10.1. The van der Waals surface area contributed by atoms with E-state index < -0.39 is 0 Å². The van der Waals surface area contributed by atoms with E-state index in [0.717, 1.165) is 22.4 Å². The largest absolute Gasteiger partial charge is 0.507 e. The van der Waals surface area contributed by atoms with E-state index in [2.05, 4.69) is 36.4 Å². The Morgan fingerprint density at radius 1 is 0.889 bits per heavy atom. The highest BCUT2D eigenvalue weighted by atomic mass is 16.5. The number of hydrogen-bond acceptors (Lipinski definition) is 3. The molecular formula is C24H24O3. The second-order valence-corrected chi connectivity index (χ2v) is 7.33. The lowest BCUT2D eigenvalue weighted by atomic mass is 9.72. The number of rotatable bonds is 5. The number of phenolic OH excluding ortho intramolecular Hbond substituents is 1. The Labute approximate surface area is 160 Å². The molecule has 138 valence electrons. The first-order valence-corrected chi connectivity index (χ1v) is 9.24. The molecule has 3 heteroatoms. The van der Waals surface area contributed by atoms with E-state index in [1.807, 2.05) is 44.2 Å². The van der Waals surface area contributed by atoms with Crippen LogP contribution in [0.1, 0.15) is 27.8 Å². The molecule has 1 saturated heterocycles. The fourth-order valence-corrected chi connectivity index (χ4v) is 3.65. The van der Waals surface area contributed by atoms with Gasteiger partial charge in [-0.2, -0.15) is 0 Å². The maximum absolute atomic E-state index is 10.1. The maximum Gasteiger partial charge on any atom is 0.121 e. The van der Waals surface area contributed by atoms with Crippen LogP contribution in [-0.4, -0.2) is 18.3 Å². The average molecular weight is 360 g/mol. The van der Waals surface area contributed by atoms with Crippen LogP contribution in [0.3, 0.4) is 0 Å². The van der Waals surface area contributed by atoms with Gasteiger partial charge in [0.25, 0.3) is 0 Å². The summed E-state index contributed by atoms with van der Waals surface area (Å²) in [5.74, 6) is 1.23. The summed E-state index contributed by atoms with van der Waals surface area (Å²) in [6, 6.07) is 22.6. The summed E-state index contributed by atoms with van der Waals surface area (Å²) in [6.45, 7) is 5.76. The van der Waals surface area contributed by atoms with Gasteiger partial charge in [0, 0.05) is 0 Å². The molecule has 1 heterocycles. The lowest BCUT2D eigenvalue weighted by molar-refractivity contribution is -0.0380. The van der Waals surface area contributed by atoms with Crippen molar-refractivity contribution in [2.45, 2.75) is 25.9 Å². The van der Waals surface area contributed by atoms with Crippen molar-refractivity contribution in [2.24, 2.45) is 0 Å². The smallest absolute Gasteiger partial charge is 0.121 e. The number of aryl methyl sites for hydroxylation is 2. The molecule has 0 bridgehead atoms. The number of hydrogen-bond donors (Lipinski definition) is 1. The van der Waals surface area contributed by atoms with Crippen molar-refractivity contribution in [1.82, 2.24) is 0 Å². The van der Waals surface area contributed by atoms with Crippen LogP contribution in [0.25, 0.3) is 0 Å². The van der Waals surface area contributed by atoms with Crippen LogP contribution in [0.4, 0.5) is 0 Å². The molecule has 0 atom stereocenters. The molecular weight excluding hydrogens is 336 g/mol. The van der Waals surface area contributed by atoms with E-state index in [0.29, 0.717) is 25.6 Å². The molecule has 3 aromatic carbocycles. The van der Waals surface area contributed by atoms with Crippen molar-refractivity contribution >= 4 is 0 Å². The normalized spacial score (nSPS) is 15.2. The van der Waals surface area contributed by atoms with Crippen LogP contribution in [0.2, 0.25) is 0 Å². The Morgan fingerprint density at radius 2 is 1.52 bits per heavy atom. The van der Waals surface area contributed by atoms with Gasteiger partial charge in [-0.1, -0.05) is 54.6 Å². The first-order valence-electron chi connectivity index (χ1n) is 9.24. The highest BCUT2D eigenvalue weighted by Crippen LogP contribution is 2.41. The van der Waals surface area contributed by atoms with Crippen LogP contribution in [0, 0.1) is 13.8 Å². The minimum atomic E-state index is -0.152. The minimum Gasteiger partial charge on any atom is -0.507 e. The van der Waals surface area contributed by atoms with Gasteiger partial charge in [-0.05, 0) is 53.8 Å². The Balaban J connectivity index is 1.56. The predicted molar refractivity (Wildman–Crippen MR) is 106 cm³/mol. The van der Waals surface area contributed by atoms with E-state index >= 15 is 0 Å². The Hall–Kier alpha value is -2.78. The summed E-state index contributed by atoms with van der Waals surface area (Å²) in [6.07, 6.45) is 0. The first kappa shape index (κ1) is 17.6. The van der Waals surface area contributed by atoms with Crippen molar-refractivity contribution in [1.29, 1.82) is 0 Å². The zero-order valence-electron chi connectivity index (χ0n) is 15.7. The molecule has 1 fully saturated rings. The molecule has 0 aromatic heterocycles. The van der Waals surface area contributed by atoms with Crippen LogP contribution >= 0.6 is 0 Å². The van der Waals surface area contributed by atoms with E-state index in [1.54, 1.807) is 0 Å². The molecule has 27 heavy (non-hydrogen) atoms. The lowest BCUT2D eigenvalue weighted by Gasteiger charge is -2.43. The van der Waals surface area contributed by atoms with Crippen LogP contribution in [0.5, 0.6) is 11.5 Å². The second-order valence-electron chi connectivity index (χ2n) is 7.33. The summed E-state index contributed by atoms with van der Waals surface area (Å²) >= 11 is 0. The van der Waals surface area contributed by atoms with E-state index in [1.165, 1.54) is 11.1 Å². The van der Waals surface area contributed by atoms with Gasteiger partial charge in [-0.15, -0.1) is 0 Å². The summed E-state index contributed by atoms with van der Waals surface area (Å²) < 4.78 is 11.5. The molecule has 1 aliphatic heterocycles. The SMILES string of the molecule is Cc1cc(C2(c3ccc(OCc4ccccc4)cc3)COC2)cc(C)c1O. The fraction of sp³-hybridized carbons (Fsp3) is 0.250. The van der Waals surface area contributed by atoms with E-state index in [-0.39, 0.29) is 5.41 Å².